The van der Waals surface area contributed by atoms with E-state index in [1.807, 2.05) is 0 Å². The molecular weight excluding hydrogens is 283 g/mol. The number of fused-ring (bicyclic) bond motifs is 1. The van der Waals surface area contributed by atoms with Crippen LogP contribution in [-0.2, 0) is 6.54 Å². The highest BCUT2D eigenvalue weighted by molar-refractivity contribution is 6.31. The molecule has 0 aliphatic rings. The Hall–Kier alpha value is -2.27. The number of benzene rings is 2. The molecule has 0 saturated heterocycles. The van der Waals surface area contributed by atoms with Crippen molar-refractivity contribution in [2.45, 2.75) is 6.54 Å². The van der Waals surface area contributed by atoms with E-state index in [1.54, 1.807) is 24.3 Å². The van der Waals surface area contributed by atoms with Gasteiger partial charge in [0.15, 0.2) is 5.58 Å². The van der Waals surface area contributed by atoms with Crippen LogP contribution < -0.4 is 11.5 Å². The van der Waals surface area contributed by atoms with Gasteiger partial charge in [0, 0.05) is 22.3 Å². The molecule has 0 atom stereocenters. The minimum atomic E-state index is -0.579. The van der Waals surface area contributed by atoms with E-state index in [-0.39, 0.29) is 17.1 Å². The molecule has 0 aliphatic heterocycles. The maximum Gasteiger partial charge on any atom is 0.420 e. The smallest absolute Gasteiger partial charge is 0.408 e. The molecule has 0 bridgehead atoms. The summed E-state index contributed by atoms with van der Waals surface area (Å²) in [6.45, 7) is 0.00125. The summed E-state index contributed by atoms with van der Waals surface area (Å²) in [5.74, 6) is -1.04. The van der Waals surface area contributed by atoms with Crippen LogP contribution in [0, 0.1) is 5.82 Å². The van der Waals surface area contributed by atoms with Crippen molar-refractivity contribution in [3.8, 4) is 0 Å². The van der Waals surface area contributed by atoms with Gasteiger partial charge in [0.2, 0.25) is 0 Å². The number of nitrogen functional groups attached to an aromatic ring is 1. The van der Waals surface area contributed by atoms with Crippen molar-refractivity contribution in [2.75, 3.05) is 5.73 Å². The summed E-state index contributed by atoms with van der Waals surface area (Å²) in [6.07, 6.45) is 0. The Labute approximate surface area is 118 Å². The van der Waals surface area contributed by atoms with E-state index >= 15 is 0 Å². The lowest BCUT2D eigenvalue weighted by molar-refractivity contribution is 0.512. The zero-order valence-corrected chi connectivity index (χ0v) is 11.0. The van der Waals surface area contributed by atoms with Crippen LogP contribution in [0.3, 0.4) is 0 Å². The first kappa shape index (κ1) is 12.7. The molecule has 0 unspecified atom stereocenters. The largest absolute Gasteiger partial charge is 0.420 e. The van der Waals surface area contributed by atoms with Crippen LogP contribution >= 0.6 is 11.6 Å². The second kappa shape index (κ2) is 4.68. The predicted molar refractivity (Wildman–Crippen MR) is 75.4 cm³/mol. The van der Waals surface area contributed by atoms with Crippen molar-refractivity contribution >= 4 is 28.4 Å². The topological polar surface area (TPSA) is 61.2 Å². The first-order valence-electron chi connectivity index (χ1n) is 5.88. The van der Waals surface area contributed by atoms with E-state index in [4.69, 9.17) is 21.8 Å². The highest BCUT2D eigenvalue weighted by Crippen LogP contribution is 2.22. The summed E-state index contributed by atoms with van der Waals surface area (Å²) >= 11 is 5.97. The van der Waals surface area contributed by atoms with E-state index in [0.29, 0.717) is 16.8 Å². The number of oxazole rings is 1. The normalized spacial score (nSPS) is 11.1. The van der Waals surface area contributed by atoms with Gasteiger partial charge in [-0.1, -0.05) is 17.7 Å². The number of halogens is 2. The molecule has 1 aromatic heterocycles. The Morgan fingerprint density at radius 3 is 2.85 bits per heavy atom. The van der Waals surface area contributed by atoms with Gasteiger partial charge < -0.3 is 10.2 Å². The first-order valence-corrected chi connectivity index (χ1v) is 6.26. The second-order valence-corrected chi connectivity index (χ2v) is 4.79. The fourth-order valence-electron chi connectivity index (χ4n) is 2.07. The zero-order valence-electron chi connectivity index (χ0n) is 10.3. The highest BCUT2D eigenvalue weighted by atomic mass is 35.5. The Balaban J connectivity index is 2.16. The molecule has 0 saturated carbocycles. The molecular formula is C14H10ClFN2O2. The molecule has 0 fully saturated rings. The summed E-state index contributed by atoms with van der Waals surface area (Å²) in [5.41, 5.74) is 7.27. The zero-order chi connectivity index (χ0) is 14.3. The van der Waals surface area contributed by atoms with Crippen molar-refractivity contribution in [2.24, 2.45) is 0 Å². The average Bonchev–Trinajstić information content (AvgIpc) is 2.69. The Morgan fingerprint density at radius 1 is 1.30 bits per heavy atom. The van der Waals surface area contributed by atoms with E-state index in [1.165, 1.54) is 16.7 Å². The fraction of sp³-hybridized carbons (Fsp3) is 0.0714. The molecule has 0 radical (unpaired) electrons. The van der Waals surface area contributed by atoms with Crippen molar-refractivity contribution in [3.05, 3.63) is 63.4 Å². The summed E-state index contributed by atoms with van der Waals surface area (Å²) < 4.78 is 20.2. The van der Waals surface area contributed by atoms with E-state index < -0.39 is 11.6 Å². The summed E-state index contributed by atoms with van der Waals surface area (Å²) in [7, 11) is 0. The van der Waals surface area contributed by atoms with Crippen LogP contribution in [0.2, 0.25) is 5.02 Å². The molecule has 2 aromatic carbocycles. The molecule has 3 aromatic rings. The summed E-state index contributed by atoms with van der Waals surface area (Å²) in [5, 5.41) is 0.265. The third-order valence-electron chi connectivity index (χ3n) is 3.07. The van der Waals surface area contributed by atoms with E-state index in [0.717, 1.165) is 0 Å². The van der Waals surface area contributed by atoms with Gasteiger partial charge in [-0.05, 0) is 24.3 Å². The Bertz CT molecular complexity index is 834. The summed E-state index contributed by atoms with van der Waals surface area (Å²) in [6, 6.07) is 9.24. The van der Waals surface area contributed by atoms with Gasteiger partial charge in [-0.3, -0.25) is 4.57 Å². The van der Waals surface area contributed by atoms with Crippen LogP contribution in [0.15, 0.2) is 45.6 Å². The predicted octanol–water partition coefficient (Wildman–Crippen LogP) is 3.02. The van der Waals surface area contributed by atoms with Crippen molar-refractivity contribution < 1.29 is 8.81 Å². The van der Waals surface area contributed by atoms with Crippen LogP contribution in [0.4, 0.5) is 10.1 Å². The standard InChI is InChI=1S/C14H10ClFN2O2/c15-10-2-1-3-11(16)9(10)7-18-12-5-4-8(17)6-13(12)20-14(18)19/h1-6H,7,17H2. The maximum atomic E-state index is 13.8. The van der Waals surface area contributed by atoms with Crippen LogP contribution in [0.5, 0.6) is 0 Å². The quantitative estimate of drug-likeness (QED) is 0.739. The van der Waals surface area contributed by atoms with Gasteiger partial charge in [-0.25, -0.2) is 9.18 Å². The molecule has 2 N–H and O–H groups in total. The summed E-state index contributed by atoms with van der Waals surface area (Å²) in [4.78, 5) is 11.9. The molecule has 0 spiro atoms. The van der Waals surface area contributed by atoms with Gasteiger partial charge in [0.1, 0.15) is 5.82 Å². The van der Waals surface area contributed by atoms with Crippen LogP contribution in [0.1, 0.15) is 5.56 Å². The van der Waals surface area contributed by atoms with Crippen molar-refractivity contribution in [1.82, 2.24) is 4.57 Å². The maximum absolute atomic E-state index is 13.8. The lowest BCUT2D eigenvalue weighted by Gasteiger charge is -2.06. The number of nitrogens with two attached hydrogens (primary N) is 1. The minimum Gasteiger partial charge on any atom is -0.408 e. The number of aromatic nitrogens is 1. The molecule has 1 heterocycles. The Morgan fingerprint density at radius 2 is 2.10 bits per heavy atom. The lowest BCUT2D eigenvalue weighted by atomic mass is 10.2. The van der Waals surface area contributed by atoms with Crippen molar-refractivity contribution in [3.63, 3.8) is 0 Å². The molecule has 0 amide bonds. The number of rotatable bonds is 2. The van der Waals surface area contributed by atoms with Gasteiger partial charge in [-0.2, -0.15) is 0 Å². The number of hydrogen-bond acceptors (Lipinski definition) is 3. The second-order valence-electron chi connectivity index (χ2n) is 4.38. The third-order valence-corrected chi connectivity index (χ3v) is 3.42. The first-order chi connectivity index (χ1) is 9.56. The number of nitrogens with zero attached hydrogens (tertiary/aromatic N) is 1. The molecule has 102 valence electrons. The average molecular weight is 293 g/mol. The molecule has 4 nitrogen and oxygen atoms in total. The highest BCUT2D eigenvalue weighted by Gasteiger charge is 2.14. The fourth-order valence-corrected chi connectivity index (χ4v) is 2.30. The van der Waals surface area contributed by atoms with Gasteiger partial charge >= 0.3 is 5.76 Å². The molecule has 0 aliphatic carbocycles. The van der Waals surface area contributed by atoms with E-state index in [9.17, 15) is 9.18 Å². The number of anilines is 1. The molecule has 3 rings (SSSR count). The van der Waals surface area contributed by atoms with Gasteiger partial charge in [0.05, 0.1) is 12.1 Å². The minimum absolute atomic E-state index is 0.00125. The Kier molecular flexibility index (Phi) is 2.99. The van der Waals surface area contributed by atoms with Crippen molar-refractivity contribution in [1.29, 1.82) is 0 Å². The SMILES string of the molecule is Nc1ccc2c(c1)oc(=O)n2Cc1c(F)cccc1Cl. The molecule has 6 heteroatoms. The molecule has 20 heavy (non-hydrogen) atoms. The van der Waals surface area contributed by atoms with E-state index in [2.05, 4.69) is 0 Å². The van der Waals surface area contributed by atoms with Gasteiger partial charge in [0.25, 0.3) is 0 Å². The monoisotopic (exact) mass is 292 g/mol. The van der Waals surface area contributed by atoms with Crippen LogP contribution in [0.25, 0.3) is 11.1 Å². The third kappa shape index (κ3) is 2.06. The van der Waals surface area contributed by atoms with Crippen LogP contribution in [-0.4, -0.2) is 4.57 Å². The number of hydrogen-bond donors (Lipinski definition) is 1. The lowest BCUT2D eigenvalue weighted by Crippen LogP contribution is -2.15. The van der Waals surface area contributed by atoms with Gasteiger partial charge in [-0.15, -0.1) is 0 Å².